The van der Waals surface area contributed by atoms with Crippen LogP contribution in [0.25, 0.3) is 11.0 Å². The summed E-state index contributed by atoms with van der Waals surface area (Å²) in [5.74, 6) is 0. The summed E-state index contributed by atoms with van der Waals surface area (Å²) in [5, 5.41) is 7.86. The Morgan fingerprint density at radius 1 is 1.29 bits per heavy atom. The monoisotopic (exact) mass is 301 g/mol. The van der Waals surface area contributed by atoms with Gasteiger partial charge in [0.25, 0.3) is 0 Å². The van der Waals surface area contributed by atoms with Gasteiger partial charge in [-0.05, 0) is 37.7 Å². The van der Waals surface area contributed by atoms with E-state index in [1.165, 1.54) is 0 Å². The van der Waals surface area contributed by atoms with Crippen LogP contribution in [0.15, 0.2) is 35.6 Å². The number of fused-ring (bicyclic) bond motifs is 1. The number of hydrogen-bond acceptors (Lipinski definition) is 4. The van der Waals surface area contributed by atoms with Crippen molar-refractivity contribution in [3.8, 4) is 0 Å². The number of benzene rings is 1. The van der Waals surface area contributed by atoms with Crippen LogP contribution in [0.5, 0.6) is 0 Å². The molecule has 0 aliphatic heterocycles. The van der Waals surface area contributed by atoms with Gasteiger partial charge in [0.15, 0.2) is 5.11 Å². The van der Waals surface area contributed by atoms with Crippen molar-refractivity contribution in [2.75, 3.05) is 6.54 Å². The van der Waals surface area contributed by atoms with Crippen LogP contribution < -0.4 is 10.7 Å². The molecule has 0 radical (unpaired) electrons. The zero-order chi connectivity index (χ0) is 15.1. The Hall–Kier alpha value is -2.08. The lowest BCUT2D eigenvalue weighted by Gasteiger charge is -2.07. The van der Waals surface area contributed by atoms with Crippen LogP contribution in [-0.2, 0) is 0 Å². The molecule has 1 aromatic carbocycles. The molecule has 0 aliphatic carbocycles. The van der Waals surface area contributed by atoms with Gasteiger partial charge in [-0.2, -0.15) is 5.10 Å². The predicted molar refractivity (Wildman–Crippen MR) is 90.4 cm³/mol. The SMILES string of the molecule is CCCCNC(=S)N/N=C(\C)c1cnc2ccccc2n1. The minimum Gasteiger partial charge on any atom is -0.361 e. The first-order valence-electron chi connectivity index (χ1n) is 7.01. The van der Waals surface area contributed by atoms with Gasteiger partial charge < -0.3 is 5.32 Å². The molecule has 0 atom stereocenters. The van der Waals surface area contributed by atoms with Crippen LogP contribution in [0.2, 0.25) is 0 Å². The maximum atomic E-state index is 5.15. The summed E-state index contributed by atoms with van der Waals surface area (Å²) in [6, 6.07) is 7.75. The Balaban J connectivity index is 2.01. The third-order valence-electron chi connectivity index (χ3n) is 2.96. The number of aromatic nitrogens is 2. The molecule has 21 heavy (non-hydrogen) atoms. The van der Waals surface area contributed by atoms with E-state index < -0.39 is 0 Å². The lowest BCUT2D eigenvalue weighted by molar-refractivity contribution is 0.744. The molecule has 0 bridgehead atoms. The normalized spacial score (nSPS) is 11.4. The van der Waals surface area contributed by atoms with Crippen molar-refractivity contribution in [3.05, 3.63) is 36.2 Å². The van der Waals surface area contributed by atoms with Crippen molar-refractivity contribution in [1.29, 1.82) is 0 Å². The third-order valence-corrected chi connectivity index (χ3v) is 3.20. The number of rotatable bonds is 5. The van der Waals surface area contributed by atoms with Crippen LogP contribution >= 0.6 is 12.2 Å². The number of unbranched alkanes of at least 4 members (excludes halogenated alkanes) is 1. The summed E-state index contributed by atoms with van der Waals surface area (Å²) < 4.78 is 0. The number of thiocarbonyl (C=S) groups is 1. The summed E-state index contributed by atoms with van der Waals surface area (Å²) in [7, 11) is 0. The first kappa shape index (κ1) is 15.3. The largest absolute Gasteiger partial charge is 0.361 e. The number of para-hydroxylation sites is 2. The van der Waals surface area contributed by atoms with E-state index in [4.69, 9.17) is 12.2 Å². The highest BCUT2D eigenvalue weighted by molar-refractivity contribution is 7.80. The molecule has 1 aromatic heterocycles. The van der Waals surface area contributed by atoms with Gasteiger partial charge in [-0.15, -0.1) is 0 Å². The quantitative estimate of drug-likeness (QED) is 0.385. The van der Waals surface area contributed by atoms with Crippen molar-refractivity contribution in [1.82, 2.24) is 20.7 Å². The zero-order valence-electron chi connectivity index (χ0n) is 12.3. The molecule has 0 spiro atoms. The molecule has 2 N–H and O–H groups in total. The minimum absolute atomic E-state index is 0.525. The number of nitrogens with one attached hydrogen (secondary N) is 2. The molecular formula is C15H19N5S. The Morgan fingerprint density at radius 2 is 2.05 bits per heavy atom. The maximum Gasteiger partial charge on any atom is 0.186 e. The van der Waals surface area contributed by atoms with Gasteiger partial charge in [0.2, 0.25) is 0 Å². The fourth-order valence-corrected chi connectivity index (χ4v) is 1.89. The zero-order valence-corrected chi connectivity index (χ0v) is 13.1. The summed E-state index contributed by atoms with van der Waals surface area (Å²) >= 11 is 5.15. The van der Waals surface area contributed by atoms with Gasteiger partial charge in [-0.3, -0.25) is 10.4 Å². The molecule has 0 aliphatic rings. The maximum absolute atomic E-state index is 5.15. The first-order chi connectivity index (χ1) is 10.2. The molecule has 0 unspecified atom stereocenters. The third kappa shape index (κ3) is 4.46. The fraction of sp³-hybridized carbons (Fsp3) is 0.333. The molecule has 0 amide bonds. The summed E-state index contributed by atoms with van der Waals surface area (Å²) in [6.45, 7) is 4.87. The van der Waals surface area contributed by atoms with E-state index in [0.29, 0.717) is 5.11 Å². The molecule has 0 fully saturated rings. The number of hydrazone groups is 1. The second-order valence-corrected chi connectivity index (χ2v) is 5.07. The average molecular weight is 301 g/mol. The van der Waals surface area contributed by atoms with Gasteiger partial charge >= 0.3 is 0 Å². The van der Waals surface area contributed by atoms with Crippen molar-refractivity contribution in [2.45, 2.75) is 26.7 Å². The van der Waals surface area contributed by atoms with Crippen LogP contribution in [-0.4, -0.2) is 27.3 Å². The topological polar surface area (TPSA) is 62.2 Å². The van der Waals surface area contributed by atoms with Gasteiger partial charge in [-0.25, -0.2) is 4.98 Å². The van der Waals surface area contributed by atoms with Gasteiger partial charge in [0.1, 0.15) is 5.69 Å². The van der Waals surface area contributed by atoms with E-state index in [2.05, 4.69) is 32.7 Å². The van der Waals surface area contributed by atoms with Gasteiger partial charge in [-0.1, -0.05) is 25.5 Å². The van der Waals surface area contributed by atoms with Crippen LogP contribution in [0.4, 0.5) is 0 Å². The van der Waals surface area contributed by atoms with E-state index in [-0.39, 0.29) is 0 Å². The van der Waals surface area contributed by atoms with Crippen LogP contribution in [0.1, 0.15) is 32.4 Å². The molecule has 2 aromatic rings. The van der Waals surface area contributed by atoms with Crippen molar-refractivity contribution >= 4 is 34.1 Å². The average Bonchev–Trinajstić information content (AvgIpc) is 2.52. The first-order valence-corrected chi connectivity index (χ1v) is 7.42. The van der Waals surface area contributed by atoms with Crippen molar-refractivity contribution in [2.24, 2.45) is 5.10 Å². The van der Waals surface area contributed by atoms with Crippen LogP contribution in [0.3, 0.4) is 0 Å². The standard InChI is InChI=1S/C15H19N5S/c1-3-4-9-16-15(21)20-19-11(2)14-10-17-12-7-5-6-8-13(12)18-14/h5-8,10H,3-4,9H2,1-2H3,(H2,16,20,21)/b19-11+. The van der Waals surface area contributed by atoms with E-state index in [9.17, 15) is 0 Å². The predicted octanol–water partition coefficient (Wildman–Crippen LogP) is 2.62. The second-order valence-electron chi connectivity index (χ2n) is 4.66. The molecule has 2 rings (SSSR count). The molecule has 0 saturated carbocycles. The smallest absolute Gasteiger partial charge is 0.186 e. The molecule has 0 saturated heterocycles. The highest BCUT2D eigenvalue weighted by Gasteiger charge is 2.03. The number of nitrogens with zero attached hydrogens (tertiary/aromatic N) is 3. The molecule has 6 heteroatoms. The molecular weight excluding hydrogens is 282 g/mol. The van der Waals surface area contributed by atoms with E-state index >= 15 is 0 Å². The lowest BCUT2D eigenvalue weighted by Crippen LogP contribution is -2.33. The van der Waals surface area contributed by atoms with Gasteiger partial charge in [0.05, 0.1) is 22.9 Å². The molecule has 1 heterocycles. The number of hydrogen-bond donors (Lipinski definition) is 2. The Kier molecular flexibility index (Phi) is 5.57. The van der Waals surface area contributed by atoms with Crippen molar-refractivity contribution in [3.63, 3.8) is 0 Å². The van der Waals surface area contributed by atoms with Crippen LogP contribution in [0, 0.1) is 0 Å². The van der Waals surface area contributed by atoms with Gasteiger partial charge in [0, 0.05) is 6.54 Å². The highest BCUT2D eigenvalue weighted by atomic mass is 32.1. The minimum atomic E-state index is 0.525. The summed E-state index contributed by atoms with van der Waals surface area (Å²) in [5.41, 5.74) is 6.03. The van der Waals surface area contributed by atoms with E-state index in [0.717, 1.165) is 41.8 Å². The lowest BCUT2D eigenvalue weighted by atomic mass is 10.2. The van der Waals surface area contributed by atoms with E-state index in [1.54, 1.807) is 6.20 Å². The Bertz CT molecular complexity index is 653. The Labute approximate surface area is 129 Å². The summed E-state index contributed by atoms with van der Waals surface area (Å²) in [4.78, 5) is 8.90. The summed E-state index contributed by atoms with van der Waals surface area (Å²) in [6.07, 6.45) is 3.93. The Morgan fingerprint density at radius 3 is 2.81 bits per heavy atom. The fourth-order valence-electron chi connectivity index (χ4n) is 1.74. The molecule has 110 valence electrons. The van der Waals surface area contributed by atoms with Crippen molar-refractivity contribution < 1.29 is 0 Å². The van der Waals surface area contributed by atoms with E-state index in [1.807, 2.05) is 31.2 Å². The highest BCUT2D eigenvalue weighted by Crippen LogP contribution is 2.08. The molecule has 5 nitrogen and oxygen atoms in total. The second kappa shape index (κ2) is 7.64.